The van der Waals surface area contributed by atoms with E-state index in [1.165, 1.54) is 12.1 Å². The third-order valence-electron chi connectivity index (χ3n) is 4.31. The molecule has 0 aromatic heterocycles. The van der Waals surface area contributed by atoms with Gasteiger partial charge in [-0.05, 0) is 54.1 Å². The van der Waals surface area contributed by atoms with Crippen molar-refractivity contribution >= 4 is 43.2 Å². The van der Waals surface area contributed by atoms with Crippen molar-refractivity contribution in [3.8, 4) is 11.5 Å². The van der Waals surface area contributed by atoms with Crippen LogP contribution in [0.1, 0.15) is 11.1 Å². The van der Waals surface area contributed by atoms with Gasteiger partial charge in [0.25, 0.3) is 0 Å². The van der Waals surface area contributed by atoms with E-state index in [1.54, 1.807) is 25.3 Å². The van der Waals surface area contributed by atoms with Crippen molar-refractivity contribution in [2.24, 2.45) is 5.14 Å². The monoisotopic (exact) mass is 510 g/mol. The van der Waals surface area contributed by atoms with Crippen LogP contribution in [0.15, 0.2) is 70.0 Å². The molecular formula is C21H20BrClN2O4S. The molecule has 3 aromatic carbocycles. The third-order valence-corrected chi connectivity index (χ3v) is 6.22. The Labute approximate surface area is 189 Å². The van der Waals surface area contributed by atoms with Crippen LogP contribution in [0.25, 0.3) is 0 Å². The van der Waals surface area contributed by atoms with E-state index in [1.807, 2.05) is 30.3 Å². The number of anilines is 1. The summed E-state index contributed by atoms with van der Waals surface area (Å²) in [6.45, 7) is 0.737. The Morgan fingerprint density at radius 1 is 1.10 bits per heavy atom. The molecule has 9 heteroatoms. The largest absolute Gasteiger partial charge is 0.493 e. The Hall–Kier alpha value is -2.26. The van der Waals surface area contributed by atoms with Crippen molar-refractivity contribution < 1.29 is 17.9 Å². The van der Waals surface area contributed by atoms with Crippen molar-refractivity contribution in [1.29, 1.82) is 0 Å². The second kappa shape index (κ2) is 9.70. The van der Waals surface area contributed by atoms with Crippen LogP contribution in [0.2, 0.25) is 5.02 Å². The standard InChI is InChI=1S/C21H20BrClN2O4S/c1-28-20-10-9-19(22)18(21(20)29-13-14-3-2-4-15(23)11-14)12-25-16-5-7-17(8-6-16)30(24,26)27/h2-11,25H,12-13H2,1H3,(H2,24,26,27). The summed E-state index contributed by atoms with van der Waals surface area (Å²) in [4.78, 5) is 0.0566. The van der Waals surface area contributed by atoms with Crippen molar-refractivity contribution in [3.63, 3.8) is 0 Å². The average Bonchev–Trinajstić information content (AvgIpc) is 2.71. The highest BCUT2D eigenvalue weighted by atomic mass is 79.9. The zero-order chi connectivity index (χ0) is 21.7. The molecule has 0 atom stereocenters. The number of primary sulfonamides is 1. The van der Waals surface area contributed by atoms with Gasteiger partial charge in [-0.3, -0.25) is 0 Å². The van der Waals surface area contributed by atoms with E-state index in [4.69, 9.17) is 26.2 Å². The summed E-state index contributed by atoms with van der Waals surface area (Å²) in [5.74, 6) is 1.20. The van der Waals surface area contributed by atoms with Gasteiger partial charge >= 0.3 is 0 Å². The van der Waals surface area contributed by atoms with Gasteiger partial charge in [-0.25, -0.2) is 13.6 Å². The van der Waals surface area contributed by atoms with Gasteiger partial charge < -0.3 is 14.8 Å². The van der Waals surface area contributed by atoms with Crippen LogP contribution in [0, 0.1) is 0 Å². The number of rotatable bonds is 8. The molecule has 0 heterocycles. The highest BCUT2D eigenvalue weighted by molar-refractivity contribution is 9.10. The lowest BCUT2D eigenvalue weighted by atomic mass is 10.1. The van der Waals surface area contributed by atoms with Crippen LogP contribution in [-0.4, -0.2) is 15.5 Å². The molecule has 0 radical (unpaired) electrons. The molecule has 6 nitrogen and oxygen atoms in total. The summed E-state index contributed by atoms with van der Waals surface area (Å²) in [6.07, 6.45) is 0. The first-order valence-corrected chi connectivity index (χ1v) is 11.6. The van der Waals surface area contributed by atoms with Crippen LogP contribution in [0.5, 0.6) is 11.5 Å². The van der Waals surface area contributed by atoms with E-state index in [0.717, 1.165) is 21.3 Å². The zero-order valence-electron chi connectivity index (χ0n) is 16.1. The van der Waals surface area contributed by atoms with E-state index in [2.05, 4.69) is 21.2 Å². The summed E-state index contributed by atoms with van der Waals surface area (Å²) in [6, 6.07) is 17.4. The van der Waals surface area contributed by atoms with Crippen LogP contribution in [-0.2, 0) is 23.2 Å². The quantitative estimate of drug-likeness (QED) is 0.447. The normalized spacial score (nSPS) is 11.2. The molecule has 0 saturated heterocycles. The first-order chi connectivity index (χ1) is 14.3. The number of nitrogens with one attached hydrogen (secondary N) is 1. The molecule has 3 aromatic rings. The molecule has 3 N–H and O–H groups in total. The number of nitrogens with two attached hydrogens (primary N) is 1. The summed E-state index contributed by atoms with van der Waals surface area (Å²) >= 11 is 9.62. The number of hydrogen-bond acceptors (Lipinski definition) is 5. The van der Waals surface area contributed by atoms with E-state index in [0.29, 0.717) is 29.7 Å². The maximum absolute atomic E-state index is 11.4. The summed E-state index contributed by atoms with van der Waals surface area (Å²) < 4.78 is 35.2. The van der Waals surface area contributed by atoms with E-state index >= 15 is 0 Å². The number of hydrogen-bond donors (Lipinski definition) is 2. The smallest absolute Gasteiger partial charge is 0.238 e. The molecule has 0 amide bonds. The molecular weight excluding hydrogens is 492 g/mol. The summed E-state index contributed by atoms with van der Waals surface area (Å²) in [7, 11) is -2.15. The molecule has 3 rings (SSSR count). The van der Waals surface area contributed by atoms with Gasteiger partial charge in [0, 0.05) is 27.3 Å². The molecule has 0 saturated carbocycles. The predicted molar refractivity (Wildman–Crippen MR) is 122 cm³/mol. The predicted octanol–water partition coefficient (Wildman–Crippen LogP) is 4.95. The van der Waals surface area contributed by atoms with Gasteiger partial charge in [0.05, 0.1) is 12.0 Å². The molecule has 0 bridgehead atoms. The van der Waals surface area contributed by atoms with Crippen LogP contribution < -0.4 is 19.9 Å². The Morgan fingerprint density at radius 2 is 1.83 bits per heavy atom. The molecule has 0 aliphatic carbocycles. The number of benzene rings is 3. The van der Waals surface area contributed by atoms with Gasteiger partial charge in [0.15, 0.2) is 11.5 Å². The minimum absolute atomic E-state index is 0.0566. The highest BCUT2D eigenvalue weighted by Gasteiger charge is 2.15. The fourth-order valence-electron chi connectivity index (χ4n) is 2.80. The first-order valence-electron chi connectivity index (χ1n) is 8.87. The fourth-order valence-corrected chi connectivity index (χ4v) is 3.98. The molecule has 0 aliphatic heterocycles. The van der Waals surface area contributed by atoms with Crippen LogP contribution >= 0.6 is 27.5 Å². The van der Waals surface area contributed by atoms with Gasteiger partial charge in [-0.1, -0.05) is 39.7 Å². The first kappa shape index (κ1) is 22.4. The molecule has 30 heavy (non-hydrogen) atoms. The fraction of sp³-hybridized carbons (Fsp3) is 0.143. The second-order valence-electron chi connectivity index (χ2n) is 6.40. The average molecular weight is 512 g/mol. The molecule has 0 unspecified atom stereocenters. The Kier molecular flexibility index (Phi) is 7.25. The van der Waals surface area contributed by atoms with E-state index in [-0.39, 0.29) is 4.90 Å². The lowest BCUT2D eigenvalue weighted by molar-refractivity contribution is 0.281. The Balaban J connectivity index is 1.81. The number of methoxy groups -OCH3 is 1. The van der Waals surface area contributed by atoms with Gasteiger partial charge in [0.1, 0.15) is 6.61 Å². The Bertz CT molecular complexity index is 1140. The summed E-state index contributed by atoms with van der Waals surface area (Å²) in [5, 5.41) is 9.04. The van der Waals surface area contributed by atoms with Crippen molar-refractivity contribution in [2.75, 3.05) is 12.4 Å². The van der Waals surface area contributed by atoms with Gasteiger partial charge in [-0.15, -0.1) is 0 Å². The summed E-state index contributed by atoms with van der Waals surface area (Å²) in [5.41, 5.74) is 2.52. The highest BCUT2D eigenvalue weighted by Crippen LogP contribution is 2.37. The topological polar surface area (TPSA) is 90.6 Å². The lowest BCUT2D eigenvalue weighted by Gasteiger charge is -2.18. The minimum atomic E-state index is -3.73. The van der Waals surface area contributed by atoms with Gasteiger partial charge in [0.2, 0.25) is 10.0 Å². The molecule has 0 aliphatic rings. The van der Waals surface area contributed by atoms with Crippen molar-refractivity contribution in [1.82, 2.24) is 0 Å². The lowest BCUT2D eigenvalue weighted by Crippen LogP contribution is -2.12. The van der Waals surface area contributed by atoms with Gasteiger partial charge in [-0.2, -0.15) is 0 Å². The SMILES string of the molecule is COc1ccc(Br)c(CNc2ccc(S(N)(=O)=O)cc2)c1OCc1cccc(Cl)c1. The van der Waals surface area contributed by atoms with E-state index in [9.17, 15) is 8.42 Å². The van der Waals surface area contributed by atoms with E-state index < -0.39 is 10.0 Å². The molecule has 158 valence electrons. The maximum Gasteiger partial charge on any atom is 0.238 e. The minimum Gasteiger partial charge on any atom is -0.493 e. The zero-order valence-corrected chi connectivity index (χ0v) is 19.2. The number of sulfonamides is 1. The molecule has 0 fully saturated rings. The number of ether oxygens (including phenoxy) is 2. The third kappa shape index (κ3) is 5.66. The number of halogens is 2. The molecule has 0 spiro atoms. The van der Waals surface area contributed by atoms with Crippen LogP contribution in [0.4, 0.5) is 5.69 Å². The second-order valence-corrected chi connectivity index (χ2v) is 9.25. The van der Waals surface area contributed by atoms with Crippen molar-refractivity contribution in [2.45, 2.75) is 18.0 Å². The van der Waals surface area contributed by atoms with Crippen molar-refractivity contribution in [3.05, 3.63) is 81.3 Å². The Morgan fingerprint density at radius 3 is 2.47 bits per heavy atom. The van der Waals surface area contributed by atoms with Crippen LogP contribution in [0.3, 0.4) is 0 Å². The maximum atomic E-state index is 11.4.